The van der Waals surface area contributed by atoms with Crippen LogP contribution in [0, 0.1) is 0 Å². The maximum absolute atomic E-state index is 11.5. The Balaban J connectivity index is 2.43. The second kappa shape index (κ2) is 6.00. The van der Waals surface area contributed by atoms with E-state index < -0.39 is 15.8 Å². The Kier molecular flexibility index (Phi) is 4.33. The van der Waals surface area contributed by atoms with Crippen LogP contribution >= 0.6 is 11.8 Å². The lowest BCUT2D eigenvalue weighted by Crippen LogP contribution is -2.01. The van der Waals surface area contributed by atoms with Crippen LogP contribution in [0.5, 0.6) is 0 Å². The zero-order valence-corrected chi connectivity index (χ0v) is 11.9. The van der Waals surface area contributed by atoms with Crippen LogP contribution in [-0.2, 0) is 20.6 Å². The van der Waals surface area contributed by atoms with Crippen LogP contribution in [0.4, 0.5) is 0 Å². The number of rotatable bonds is 5. The molecule has 104 valence electrons. The van der Waals surface area contributed by atoms with Crippen LogP contribution in [0.15, 0.2) is 38.3 Å². The molecule has 0 aliphatic carbocycles. The van der Waals surface area contributed by atoms with Crippen molar-refractivity contribution < 1.29 is 17.6 Å². The van der Waals surface area contributed by atoms with Gasteiger partial charge in [-0.1, -0.05) is 34.4 Å². The molecule has 0 radical (unpaired) electrons. The molecular formula is C11H9N3O4S2. The van der Waals surface area contributed by atoms with Crippen LogP contribution in [0.1, 0.15) is 5.56 Å². The van der Waals surface area contributed by atoms with Gasteiger partial charge in [0.15, 0.2) is 0 Å². The lowest BCUT2D eigenvalue weighted by atomic mass is 10.1. The summed E-state index contributed by atoms with van der Waals surface area (Å²) in [6.45, 7) is 0. The molecule has 7 nitrogen and oxygen atoms in total. The van der Waals surface area contributed by atoms with Gasteiger partial charge in [-0.15, -0.1) is 10.2 Å². The molecule has 0 saturated heterocycles. The highest BCUT2D eigenvalue weighted by Gasteiger charge is 2.17. The average molecular weight is 311 g/mol. The summed E-state index contributed by atoms with van der Waals surface area (Å²) in [5.41, 5.74) is 0.910. The van der Waals surface area contributed by atoms with E-state index in [-0.39, 0.29) is 5.89 Å². The first kappa shape index (κ1) is 14.4. The van der Waals surface area contributed by atoms with Gasteiger partial charge in [0.05, 0.1) is 5.75 Å². The Morgan fingerprint density at radius 3 is 2.75 bits per heavy atom. The Morgan fingerprint density at radius 1 is 1.35 bits per heavy atom. The summed E-state index contributed by atoms with van der Waals surface area (Å²) in [5.74, 6) is -0.217. The zero-order chi connectivity index (χ0) is 14.6. The van der Waals surface area contributed by atoms with E-state index in [0.29, 0.717) is 16.3 Å². The van der Waals surface area contributed by atoms with Gasteiger partial charge in [0.2, 0.25) is 5.89 Å². The fourth-order valence-electron chi connectivity index (χ4n) is 1.54. The highest BCUT2D eigenvalue weighted by atomic mass is 32.2. The van der Waals surface area contributed by atoms with Crippen molar-refractivity contribution in [3.63, 3.8) is 0 Å². The molecule has 1 aromatic carbocycles. The van der Waals surface area contributed by atoms with E-state index in [9.17, 15) is 13.2 Å². The fraction of sp³-hybridized carbons (Fsp3) is 0.182. The molecule has 0 N–H and O–H groups in total. The van der Waals surface area contributed by atoms with Gasteiger partial charge in [0.25, 0.3) is 21.3 Å². The van der Waals surface area contributed by atoms with Crippen LogP contribution in [-0.4, -0.2) is 31.0 Å². The minimum atomic E-state index is -3.91. The standard InChI is InChI=1S/C11H9N3O4S2/c1-19-11-14-13-10(18-11)9-5-3-2-4-8(9)6-20(16,17)12-7-15/h2-5H,6H2,1H3. The summed E-state index contributed by atoms with van der Waals surface area (Å²) in [7, 11) is -3.91. The van der Waals surface area contributed by atoms with Crippen molar-refractivity contribution in [1.82, 2.24) is 10.2 Å². The monoisotopic (exact) mass is 311 g/mol. The van der Waals surface area contributed by atoms with E-state index in [1.54, 1.807) is 30.5 Å². The average Bonchev–Trinajstić information content (AvgIpc) is 2.87. The molecule has 9 heteroatoms. The van der Waals surface area contributed by atoms with Crippen molar-refractivity contribution in [2.24, 2.45) is 4.40 Å². The van der Waals surface area contributed by atoms with Crippen molar-refractivity contribution in [2.45, 2.75) is 11.0 Å². The maximum atomic E-state index is 11.5. The lowest BCUT2D eigenvalue weighted by Gasteiger charge is -2.03. The summed E-state index contributed by atoms with van der Waals surface area (Å²) in [5, 5.41) is 8.03. The van der Waals surface area contributed by atoms with Crippen molar-refractivity contribution in [3.05, 3.63) is 29.8 Å². The number of thioether (sulfide) groups is 1. The second-order valence-corrected chi connectivity index (χ2v) is 6.04. The molecule has 2 aromatic rings. The highest BCUT2D eigenvalue weighted by Crippen LogP contribution is 2.26. The highest BCUT2D eigenvalue weighted by molar-refractivity contribution is 7.98. The molecule has 0 unspecified atom stereocenters. The molecule has 0 fully saturated rings. The van der Waals surface area contributed by atoms with Gasteiger partial charge in [-0.05, 0) is 17.9 Å². The van der Waals surface area contributed by atoms with Crippen molar-refractivity contribution in [1.29, 1.82) is 0 Å². The molecular weight excluding hydrogens is 302 g/mol. The topological polar surface area (TPSA) is 102 Å². The van der Waals surface area contributed by atoms with E-state index in [1.165, 1.54) is 11.8 Å². The van der Waals surface area contributed by atoms with Gasteiger partial charge in [0, 0.05) is 5.56 Å². The predicted octanol–water partition coefficient (Wildman–Crippen LogP) is 1.62. The molecule has 0 saturated carbocycles. The van der Waals surface area contributed by atoms with Crippen LogP contribution in [0.2, 0.25) is 0 Å². The molecule has 0 amide bonds. The van der Waals surface area contributed by atoms with Crippen molar-refractivity contribution in [3.8, 4) is 11.5 Å². The first-order valence-electron chi connectivity index (χ1n) is 5.33. The Labute approximate surface area is 119 Å². The Bertz CT molecular complexity index is 763. The van der Waals surface area contributed by atoms with Gasteiger partial charge in [-0.25, -0.2) is 13.2 Å². The SMILES string of the molecule is CSc1nnc(-c2ccccc2CS(=O)(=O)N=C=O)o1. The molecule has 0 atom stereocenters. The number of isocyanates is 1. The fourth-order valence-corrected chi connectivity index (χ4v) is 2.65. The van der Waals surface area contributed by atoms with E-state index >= 15 is 0 Å². The van der Waals surface area contributed by atoms with Gasteiger partial charge >= 0.3 is 0 Å². The second-order valence-electron chi connectivity index (χ2n) is 3.64. The summed E-state index contributed by atoms with van der Waals surface area (Å²) < 4.78 is 31.3. The largest absolute Gasteiger partial charge is 0.411 e. The van der Waals surface area contributed by atoms with Crippen molar-refractivity contribution in [2.75, 3.05) is 6.26 Å². The van der Waals surface area contributed by atoms with Gasteiger partial charge in [0.1, 0.15) is 0 Å². The van der Waals surface area contributed by atoms with Crippen LogP contribution in [0.25, 0.3) is 11.5 Å². The van der Waals surface area contributed by atoms with Crippen molar-refractivity contribution >= 4 is 27.9 Å². The van der Waals surface area contributed by atoms with Crippen LogP contribution in [0.3, 0.4) is 0 Å². The molecule has 0 bridgehead atoms. The summed E-state index contributed by atoms with van der Waals surface area (Å²) >= 11 is 1.28. The molecule has 0 aliphatic rings. The summed E-state index contributed by atoms with van der Waals surface area (Å²) in [4.78, 5) is 10.1. The third-order valence-electron chi connectivity index (χ3n) is 2.34. The number of aromatic nitrogens is 2. The number of nitrogens with zero attached hydrogens (tertiary/aromatic N) is 3. The van der Waals surface area contributed by atoms with Gasteiger partial charge in [-0.3, -0.25) is 0 Å². The Hall–Kier alpha value is -1.96. The minimum absolute atomic E-state index is 0.218. The lowest BCUT2D eigenvalue weighted by molar-refractivity contribution is 0.466. The van der Waals surface area contributed by atoms with E-state index in [2.05, 4.69) is 14.6 Å². The molecule has 20 heavy (non-hydrogen) atoms. The van der Waals surface area contributed by atoms with E-state index in [0.717, 1.165) is 6.08 Å². The summed E-state index contributed by atoms with van der Waals surface area (Å²) in [6, 6.07) is 6.64. The molecule has 2 rings (SSSR count). The predicted molar refractivity (Wildman–Crippen MR) is 72.3 cm³/mol. The molecule has 0 spiro atoms. The number of hydrogen-bond acceptors (Lipinski definition) is 7. The molecule has 0 aliphatic heterocycles. The Morgan fingerprint density at radius 2 is 2.10 bits per heavy atom. The first-order chi connectivity index (χ1) is 9.55. The van der Waals surface area contributed by atoms with E-state index in [4.69, 9.17) is 4.42 Å². The maximum Gasteiger partial charge on any atom is 0.276 e. The third-order valence-corrected chi connectivity index (χ3v) is 3.89. The molecule has 1 heterocycles. The zero-order valence-electron chi connectivity index (χ0n) is 10.3. The number of carbonyl (C=O) groups excluding carboxylic acids is 1. The normalized spacial score (nSPS) is 11.1. The first-order valence-corrected chi connectivity index (χ1v) is 8.16. The number of hydrogen-bond donors (Lipinski definition) is 0. The van der Waals surface area contributed by atoms with Gasteiger partial charge in [-0.2, -0.15) is 0 Å². The number of sulfonamides is 1. The molecule has 1 aromatic heterocycles. The van der Waals surface area contributed by atoms with Gasteiger partial charge < -0.3 is 4.42 Å². The smallest absolute Gasteiger partial charge is 0.276 e. The minimum Gasteiger partial charge on any atom is -0.411 e. The summed E-state index contributed by atoms with van der Waals surface area (Å²) in [6.07, 6.45) is 2.82. The number of benzene rings is 1. The quantitative estimate of drug-likeness (QED) is 0.469. The third kappa shape index (κ3) is 3.32. The van der Waals surface area contributed by atoms with Crippen LogP contribution < -0.4 is 0 Å². The van der Waals surface area contributed by atoms with E-state index in [1.807, 2.05) is 0 Å².